The lowest BCUT2D eigenvalue weighted by atomic mass is 9.91. The Kier molecular flexibility index (Phi) is 2.91. The molecule has 3 heteroatoms. The zero-order chi connectivity index (χ0) is 10.0. The standard InChI is InChI=1S/C11H16O2S/c1-9-3-8-14-10(9)11(12)4-2-6-13-7-5-11/h3,8,12H,2,4-7H2,1H3. The maximum absolute atomic E-state index is 10.5. The Balaban J connectivity index is 2.25. The fraction of sp³-hybridized carbons (Fsp3) is 0.636. The first kappa shape index (κ1) is 10.1. The van der Waals surface area contributed by atoms with E-state index in [1.54, 1.807) is 11.3 Å². The van der Waals surface area contributed by atoms with Crippen molar-refractivity contribution >= 4 is 11.3 Å². The molecule has 78 valence electrons. The van der Waals surface area contributed by atoms with Crippen molar-refractivity contribution < 1.29 is 9.84 Å². The molecule has 0 amide bonds. The van der Waals surface area contributed by atoms with Crippen molar-refractivity contribution in [3.05, 3.63) is 21.9 Å². The van der Waals surface area contributed by atoms with Crippen molar-refractivity contribution in [3.63, 3.8) is 0 Å². The van der Waals surface area contributed by atoms with Crippen LogP contribution in [0.5, 0.6) is 0 Å². The monoisotopic (exact) mass is 212 g/mol. The quantitative estimate of drug-likeness (QED) is 0.774. The summed E-state index contributed by atoms with van der Waals surface area (Å²) in [5, 5.41) is 12.6. The van der Waals surface area contributed by atoms with Gasteiger partial charge in [-0.05, 0) is 36.8 Å². The van der Waals surface area contributed by atoms with Gasteiger partial charge in [0.25, 0.3) is 0 Å². The number of ether oxygens (including phenoxy) is 1. The van der Waals surface area contributed by atoms with Gasteiger partial charge in [0.1, 0.15) is 5.60 Å². The van der Waals surface area contributed by atoms with Crippen molar-refractivity contribution in [1.29, 1.82) is 0 Å². The molecule has 0 bridgehead atoms. The van der Waals surface area contributed by atoms with Gasteiger partial charge >= 0.3 is 0 Å². The topological polar surface area (TPSA) is 29.5 Å². The number of hydrogen-bond donors (Lipinski definition) is 1. The number of aryl methyl sites for hydroxylation is 1. The third kappa shape index (κ3) is 1.85. The van der Waals surface area contributed by atoms with Gasteiger partial charge in [-0.15, -0.1) is 11.3 Å². The minimum atomic E-state index is -0.630. The van der Waals surface area contributed by atoms with Crippen molar-refractivity contribution in [3.8, 4) is 0 Å². The lowest BCUT2D eigenvalue weighted by Crippen LogP contribution is -2.25. The Morgan fingerprint density at radius 3 is 3.00 bits per heavy atom. The second kappa shape index (κ2) is 4.01. The summed E-state index contributed by atoms with van der Waals surface area (Å²) in [6, 6.07) is 2.07. The molecule has 0 aliphatic carbocycles. The number of rotatable bonds is 1. The van der Waals surface area contributed by atoms with E-state index in [1.807, 2.05) is 5.38 Å². The zero-order valence-corrected chi connectivity index (χ0v) is 9.27. The minimum Gasteiger partial charge on any atom is -0.384 e. The maximum atomic E-state index is 10.5. The highest BCUT2D eigenvalue weighted by Gasteiger charge is 2.32. The summed E-state index contributed by atoms with van der Waals surface area (Å²) >= 11 is 1.66. The van der Waals surface area contributed by atoms with Gasteiger partial charge in [-0.25, -0.2) is 0 Å². The Labute approximate surface area is 88.5 Å². The molecule has 2 rings (SSSR count). The Morgan fingerprint density at radius 2 is 2.29 bits per heavy atom. The molecule has 0 saturated carbocycles. The summed E-state index contributed by atoms with van der Waals surface area (Å²) in [5.41, 5.74) is 0.578. The van der Waals surface area contributed by atoms with E-state index in [1.165, 1.54) is 5.56 Å². The largest absolute Gasteiger partial charge is 0.384 e. The molecule has 14 heavy (non-hydrogen) atoms. The van der Waals surface area contributed by atoms with Crippen LogP contribution in [0.25, 0.3) is 0 Å². The van der Waals surface area contributed by atoms with E-state index in [0.717, 1.165) is 30.7 Å². The molecule has 1 unspecified atom stereocenters. The van der Waals surface area contributed by atoms with Crippen LogP contribution in [0.4, 0.5) is 0 Å². The van der Waals surface area contributed by atoms with Gasteiger partial charge in [-0.1, -0.05) is 0 Å². The number of hydrogen-bond acceptors (Lipinski definition) is 3. The highest BCUT2D eigenvalue weighted by Crippen LogP contribution is 2.37. The van der Waals surface area contributed by atoms with E-state index in [4.69, 9.17) is 4.74 Å². The van der Waals surface area contributed by atoms with Gasteiger partial charge < -0.3 is 9.84 Å². The van der Waals surface area contributed by atoms with E-state index in [-0.39, 0.29) is 0 Å². The van der Waals surface area contributed by atoms with Crippen LogP contribution in [0.1, 0.15) is 29.7 Å². The summed E-state index contributed by atoms with van der Waals surface area (Å²) in [6.45, 7) is 3.52. The number of thiophene rings is 1. The molecule has 0 radical (unpaired) electrons. The second-order valence-corrected chi connectivity index (χ2v) is 4.85. The highest BCUT2D eigenvalue weighted by molar-refractivity contribution is 7.10. The predicted molar refractivity (Wildman–Crippen MR) is 57.6 cm³/mol. The van der Waals surface area contributed by atoms with Crippen LogP contribution in [0.2, 0.25) is 0 Å². The minimum absolute atomic E-state index is 0.630. The molecule has 1 fully saturated rings. The molecule has 0 aromatic carbocycles. The third-order valence-corrected chi connectivity index (χ3v) is 4.03. The van der Waals surface area contributed by atoms with Crippen LogP contribution in [0, 0.1) is 6.92 Å². The molecular weight excluding hydrogens is 196 g/mol. The SMILES string of the molecule is Cc1ccsc1C1(O)CCCOCC1. The summed E-state index contributed by atoms with van der Waals surface area (Å²) in [7, 11) is 0. The van der Waals surface area contributed by atoms with Crippen molar-refractivity contribution in [2.45, 2.75) is 31.8 Å². The average molecular weight is 212 g/mol. The van der Waals surface area contributed by atoms with Crippen LogP contribution in [-0.4, -0.2) is 18.3 Å². The third-order valence-electron chi connectivity index (χ3n) is 2.82. The summed E-state index contributed by atoms with van der Waals surface area (Å²) in [6.07, 6.45) is 2.51. The van der Waals surface area contributed by atoms with Crippen molar-refractivity contribution in [2.75, 3.05) is 13.2 Å². The fourth-order valence-electron chi connectivity index (χ4n) is 2.01. The lowest BCUT2D eigenvalue weighted by Gasteiger charge is -2.25. The zero-order valence-electron chi connectivity index (χ0n) is 8.45. The summed E-state index contributed by atoms with van der Waals surface area (Å²) in [5.74, 6) is 0. The Morgan fingerprint density at radius 1 is 1.43 bits per heavy atom. The normalized spacial score (nSPS) is 28.7. The smallest absolute Gasteiger partial charge is 0.101 e. The summed E-state index contributed by atoms with van der Waals surface area (Å²) in [4.78, 5) is 1.13. The predicted octanol–water partition coefficient (Wildman–Crippen LogP) is 2.44. The average Bonchev–Trinajstić information content (AvgIpc) is 2.46. The summed E-state index contributed by atoms with van der Waals surface area (Å²) < 4.78 is 5.37. The maximum Gasteiger partial charge on any atom is 0.101 e. The molecule has 2 heterocycles. The van der Waals surface area contributed by atoms with Crippen LogP contribution in [-0.2, 0) is 10.3 Å². The molecule has 0 spiro atoms. The van der Waals surface area contributed by atoms with Crippen LogP contribution in [0.15, 0.2) is 11.4 Å². The van der Waals surface area contributed by atoms with E-state index in [0.29, 0.717) is 6.61 Å². The van der Waals surface area contributed by atoms with E-state index >= 15 is 0 Å². The van der Waals surface area contributed by atoms with Gasteiger partial charge in [0, 0.05) is 24.5 Å². The molecule has 1 saturated heterocycles. The van der Waals surface area contributed by atoms with Gasteiger partial charge in [0.15, 0.2) is 0 Å². The van der Waals surface area contributed by atoms with Gasteiger partial charge in [-0.2, -0.15) is 0 Å². The van der Waals surface area contributed by atoms with Crippen molar-refractivity contribution in [1.82, 2.24) is 0 Å². The van der Waals surface area contributed by atoms with Gasteiger partial charge in [0.2, 0.25) is 0 Å². The van der Waals surface area contributed by atoms with Crippen LogP contribution in [0.3, 0.4) is 0 Å². The second-order valence-electron chi connectivity index (χ2n) is 3.93. The molecule has 1 aliphatic heterocycles. The molecule has 1 aromatic heterocycles. The Bertz CT molecular complexity index is 298. The van der Waals surface area contributed by atoms with E-state index in [9.17, 15) is 5.11 Å². The molecule has 1 aliphatic rings. The van der Waals surface area contributed by atoms with Crippen molar-refractivity contribution in [2.24, 2.45) is 0 Å². The molecule has 1 atom stereocenters. The lowest BCUT2D eigenvalue weighted by molar-refractivity contribution is 0.0173. The van der Waals surface area contributed by atoms with Crippen LogP contribution >= 0.6 is 11.3 Å². The first-order valence-electron chi connectivity index (χ1n) is 5.07. The van der Waals surface area contributed by atoms with Gasteiger partial charge in [-0.3, -0.25) is 0 Å². The molecule has 1 N–H and O–H groups in total. The Hall–Kier alpha value is -0.380. The number of aliphatic hydroxyl groups is 1. The van der Waals surface area contributed by atoms with E-state index < -0.39 is 5.60 Å². The molecule has 2 nitrogen and oxygen atoms in total. The van der Waals surface area contributed by atoms with E-state index in [2.05, 4.69) is 13.0 Å². The first-order chi connectivity index (χ1) is 6.72. The molecule has 1 aromatic rings. The highest BCUT2D eigenvalue weighted by atomic mass is 32.1. The fourth-order valence-corrected chi connectivity index (χ4v) is 3.10. The van der Waals surface area contributed by atoms with Crippen LogP contribution < -0.4 is 0 Å². The first-order valence-corrected chi connectivity index (χ1v) is 5.95. The van der Waals surface area contributed by atoms with Gasteiger partial charge in [0.05, 0.1) is 0 Å². The molecular formula is C11H16O2S.